The van der Waals surface area contributed by atoms with E-state index in [0.717, 1.165) is 18.7 Å². The molecule has 1 fully saturated rings. The number of rotatable bonds is 3. The van der Waals surface area contributed by atoms with E-state index in [1.54, 1.807) is 36.4 Å². The van der Waals surface area contributed by atoms with Crippen LogP contribution in [0.5, 0.6) is 0 Å². The van der Waals surface area contributed by atoms with Gasteiger partial charge < -0.3 is 9.80 Å². The molecule has 0 bridgehead atoms. The van der Waals surface area contributed by atoms with Crippen LogP contribution in [0.2, 0.25) is 10.0 Å². The zero-order valence-corrected chi connectivity index (χ0v) is 17.8. The zero-order valence-electron chi connectivity index (χ0n) is 16.3. The number of hydrogen-bond donors (Lipinski definition) is 0. The number of carbonyl (C=O) groups excluding carboxylic acids is 2. The van der Waals surface area contributed by atoms with Gasteiger partial charge in [0.05, 0.1) is 11.3 Å². The van der Waals surface area contributed by atoms with Crippen LogP contribution in [0.25, 0.3) is 5.57 Å². The number of amides is 2. The number of likely N-dealkylation sites (N-methyl/N-ethyl adjacent to an activating group) is 1. The maximum atomic E-state index is 13.5. The summed E-state index contributed by atoms with van der Waals surface area (Å²) in [5, 5.41) is 1.06. The van der Waals surface area contributed by atoms with Crippen molar-refractivity contribution in [2.24, 2.45) is 0 Å². The summed E-state index contributed by atoms with van der Waals surface area (Å²) in [6.07, 6.45) is 0. The molecular formula is C22H21Cl2N3O2. The molecule has 0 spiro atoms. The van der Waals surface area contributed by atoms with Gasteiger partial charge in [-0.15, -0.1) is 0 Å². The van der Waals surface area contributed by atoms with Crippen LogP contribution in [-0.2, 0) is 9.59 Å². The highest BCUT2D eigenvalue weighted by molar-refractivity contribution is 6.46. The second kappa shape index (κ2) is 7.82. The number of imide groups is 1. The Hall–Kier alpha value is -2.34. The third-order valence-corrected chi connectivity index (χ3v) is 5.91. The Balaban J connectivity index is 1.83. The summed E-state index contributed by atoms with van der Waals surface area (Å²) in [5.41, 5.74) is 2.87. The second-order valence-corrected chi connectivity index (χ2v) is 8.27. The molecule has 150 valence electrons. The summed E-state index contributed by atoms with van der Waals surface area (Å²) < 4.78 is 0. The van der Waals surface area contributed by atoms with Crippen LogP contribution in [0.4, 0.5) is 5.69 Å². The molecule has 4 rings (SSSR count). The lowest BCUT2D eigenvalue weighted by molar-refractivity contribution is -0.120. The van der Waals surface area contributed by atoms with Crippen molar-refractivity contribution in [1.82, 2.24) is 9.80 Å². The lowest BCUT2D eigenvalue weighted by atomic mass is 10.0. The maximum Gasteiger partial charge on any atom is 0.282 e. The van der Waals surface area contributed by atoms with Gasteiger partial charge in [-0.3, -0.25) is 9.59 Å². The van der Waals surface area contributed by atoms with E-state index in [4.69, 9.17) is 23.2 Å². The quantitative estimate of drug-likeness (QED) is 0.695. The van der Waals surface area contributed by atoms with Gasteiger partial charge in [-0.05, 0) is 49.4 Å². The number of aryl methyl sites for hydroxylation is 1. The molecular weight excluding hydrogens is 409 g/mol. The van der Waals surface area contributed by atoms with Crippen LogP contribution >= 0.6 is 23.2 Å². The lowest BCUT2D eigenvalue weighted by Gasteiger charge is -2.34. The van der Waals surface area contributed by atoms with Crippen molar-refractivity contribution in [1.29, 1.82) is 0 Å². The molecule has 0 atom stereocenters. The monoisotopic (exact) mass is 429 g/mol. The topological polar surface area (TPSA) is 43.9 Å². The van der Waals surface area contributed by atoms with Crippen LogP contribution in [0.15, 0.2) is 48.2 Å². The molecule has 5 nitrogen and oxygen atoms in total. The predicted octanol–water partition coefficient (Wildman–Crippen LogP) is 3.83. The molecule has 7 heteroatoms. The van der Waals surface area contributed by atoms with Gasteiger partial charge in [0.1, 0.15) is 5.70 Å². The van der Waals surface area contributed by atoms with Gasteiger partial charge in [-0.25, -0.2) is 4.90 Å². The van der Waals surface area contributed by atoms with E-state index in [-0.39, 0.29) is 11.8 Å². The second-order valence-electron chi connectivity index (χ2n) is 7.40. The molecule has 2 aromatic rings. The van der Waals surface area contributed by atoms with E-state index >= 15 is 0 Å². The SMILES string of the molecule is Cc1ccc(Cl)cc1N1C(=O)C(c2ccc(Cl)cc2)=C(N2CCN(C)CC2)C1=O. The first-order valence-corrected chi connectivity index (χ1v) is 10.2. The van der Waals surface area contributed by atoms with E-state index in [0.29, 0.717) is 45.7 Å². The summed E-state index contributed by atoms with van der Waals surface area (Å²) in [6, 6.07) is 12.3. The normalized spacial score (nSPS) is 18.2. The summed E-state index contributed by atoms with van der Waals surface area (Å²) in [6.45, 7) is 4.89. The van der Waals surface area contributed by atoms with Crippen LogP contribution < -0.4 is 4.90 Å². The third-order valence-electron chi connectivity index (χ3n) is 5.42. The number of nitrogens with zero attached hydrogens (tertiary/aromatic N) is 3. The Bertz CT molecular complexity index is 1010. The van der Waals surface area contributed by atoms with Crippen LogP contribution in [-0.4, -0.2) is 54.8 Å². The van der Waals surface area contributed by atoms with Crippen molar-refractivity contribution in [2.45, 2.75) is 6.92 Å². The van der Waals surface area contributed by atoms with E-state index < -0.39 is 0 Å². The highest BCUT2D eigenvalue weighted by Crippen LogP contribution is 2.37. The Morgan fingerprint density at radius 3 is 2.10 bits per heavy atom. The van der Waals surface area contributed by atoms with Gasteiger partial charge in [-0.1, -0.05) is 41.4 Å². The standard InChI is InChI=1S/C22H21Cl2N3O2/c1-14-3-6-17(24)13-18(14)27-21(28)19(15-4-7-16(23)8-5-15)20(22(27)29)26-11-9-25(2)10-12-26/h3-8,13H,9-12H2,1-2H3. The van der Waals surface area contributed by atoms with Crippen molar-refractivity contribution < 1.29 is 9.59 Å². The molecule has 29 heavy (non-hydrogen) atoms. The minimum atomic E-state index is -0.336. The van der Waals surface area contributed by atoms with Gasteiger partial charge in [0.2, 0.25) is 0 Å². The van der Waals surface area contributed by atoms with Crippen molar-refractivity contribution in [2.75, 3.05) is 38.1 Å². The van der Waals surface area contributed by atoms with E-state index in [1.165, 1.54) is 4.90 Å². The minimum Gasteiger partial charge on any atom is -0.364 e. The van der Waals surface area contributed by atoms with Crippen molar-refractivity contribution in [3.05, 3.63) is 69.3 Å². The molecule has 2 aliphatic heterocycles. The first kappa shape index (κ1) is 20.0. The molecule has 0 radical (unpaired) electrons. The van der Waals surface area contributed by atoms with E-state index in [1.807, 2.05) is 17.9 Å². The Labute approximate surface area is 180 Å². The molecule has 2 amide bonds. The van der Waals surface area contributed by atoms with E-state index in [2.05, 4.69) is 11.9 Å². The molecule has 2 aliphatic rings. The summed E-state index contributed by atoms with van der Waals surface area (Å²) in [7, 11) is 2.05. The fraction of sp³-hybridized carbons (Fsp3) is 0.273. The first-order chi connectivity index (χ1) is 13.9. The van der Waals surface area contributed by atoms with Gasteiger partial charge >= 0.3 is 0 Å². The van der Waals surface area contributed by atoms with Crippen LogP contribution in [0.3, 0.4) is 0 Å². The average Bonchev–Trinajstić information content (AvgIpc) is 2.95. The number of carbonyl (C=O) groups is 2. The zero-order chi connectivity index (χ0) is 20.7. The van der Waals surface area contributed by atoms with Crippen molar-refractivity contribution in [3.8, 4) is 0 Å². The molecule has 2 aromatic carbocycles. The molecule has 2 heterocycles. The Morgan fingerprint density at radius 2 is 1.45 bits per heavy atom. The first-order valence-electron chi connectivity index (χ1n) is 9.45. The number of anilines is 1. The summed E-state index contributed by atoms with van der Waals surface area (Å²) in [4.78, 5) is 32.5. The lowest BCUT2D eigenvalue weighted by Crippen LogP contribution is -2.46. The van der Waals surface area contributed by atoms with E-state index in [9.17, 15) is 9.59 Å². The van der Waals surface area contributed by atoms with Crippen molar-refractivity contribution >= 4 is 46.3 Å². The van der Waals surface area contributed by atoms with Crippen LogP contribution in [0.1, 0.15) is 11.1 Å². The van der Waals surface area contributed by atoms with Gasteiger partial charge in [-0.2, -0.15) is 0 Å². The highest BCUT2D eigenvalue weighted by Gasteiger charge is 2.43. The molecule has 0 aromatic heterocycles. The molecule has 0 saturated carbocycles. The fourth-order valence-electron chi connectivity index (χ4n) is 3.76. The fourth-order valence-corrected chi connectivity index (χ4v) is 4.05. The predicted molar refractivity (Wildman–Crippen MR) is 116 cm³/mol. The third kappa shape index (κ3) is 3.66. The maximum absolute atomic E-state index is 13.5. The number of hydrogen-bond acceptors (Lipinski definition) is 4. The number of halogens is 2. The molecule has 0 unspecified atom stereocenters. The molecule has 0 aliphatic carbocycles. The van der Waals surface area contributed by atoms with Crippen molar-refractivity contribution in [3.63, 3.8) is 0 Å². The Morgan fingerprint density at radius 1 is 0.828 bits per heavy atom. The van der Waals surface area contributed by atoms with Crippen LogP contribution in [0, 0.1) is 6.92 Å². The highest BCUT2D eigenvalue weighted by atomic mass is 35.5. The number of piperazine rings is 1. The van der Waals surface area contributed by atoms with Gasteiger partial charge in [0.15, 0.2) is 0 Å². The van der Waals surface area contributed by atoms with Gasteiger partial charge in [0, 0.05) is 36.2 Å². The summed E-state index contributed by atoms with van der Waals surface area (Å²) in [5.74, 6) is -0.647. The molecule has 0 N–H and O–H groups in total. The smallest absolute Gasteiger partial charge is 0.282 e. The van der Waals surface area contributed by atoms with Gasteiger partial charge in [0.25, 0.3) is 11.8 Å². The summed E-state index contributed by atoms with van der Waals surface area (Å²) >= 11 is 12.2. The largest absolute Gasteiger partial charge is 0.364 e. The minimum absolute atomic E-state index is 0.310. The average molecular weight is 430 g/mol. The number of benzene rings is 2. The Kier molecular flexibility index (Phi) is 5.38. The molecule has 1 saturated heterocycles.